The van der Waals surface area contributed by atoms with Gasteiger partial charge in [-0.1, -0.05) is 41.4 Å². The molecule has 2 aromatic rings. The Balaban J connectivity index is 1.53. The molecule has 0 bridgehead atoms. The number of carbonyl (C=O) groups is 1. The van der Waals surface area contributed by atoms with Crippen LogP contribution >= 0.6 is 11.6 Å². The van der Waals surface area contributed by atoms with Crippen LogP contribution in [0.25, 0.3) is 0 Å². The van der Waals surface area contributed by atoms with Gasteiger partial charge in [-0.3, -0.25) is 4.79 Å². The number of hydrogen-bond acceptors (Lipinski definition) is 5. The lowest BCUT2D eigenvalue weighted by molar-refractivity contribution is -0.208. The van der Waals surface area contributed by atoms with Gasteiger partial charge in [-0.2, -0.15) is 0 Å². The maximum atomic E-state index is 13.0. The third kappa shape index (κ3) is 3.73. The highest BCUT2D eigenvalue weighted by Gasteiger charge is 2.56. The zero-order valence-electron chi connectivity index (χ0n) is 16.0. The van der Waals surface area contributed by atoms with Crippen molar-refractivity contribution in [3.8, 4) is 0 Å². The summed E-state index contributed by atoms with van der Waals surface area (Å²) in [7, 11) is 0. The number of benzene rings is 2. The molecule has 0 spiro atoms. The highest BCUT2D eigenvalue weighted by molar-refractivity contribution is 6.31. The van der Waals surface area contributed by atoms with Crippen LogP contribution in [0, 0.1) is 6.92 Å². The van der Waals surface area contributed by atoms with Gasteiger partial charge in [0.2, 0.25) is 0 Å². The van der Waals surface area contributed by atoms with Crippen molar-refractivity contribution in [1.29, 1.82) is 0 Å². The molecule has 0 aromatic heterocycles. The standard InChI is InChI=1S/C22H23ClO5/c1-12-4-6-13(7-5-12)10-15-11-14(8-9-16(15)23)17(24)19-18(25)20-21(26-19)28-22(2,3)27-20/h4-9,11,18-21,25H,10H2,1-3H3/t18-,19+,20+,21+/m1/s1. The van der Waals surface area contributed by atoms with Crippen LogP contribution in [0.5, 0.6) is 0 Å². The Morgan fingerprint density at radius 3 is 2.54 bits per heavy atom. The summed E-state index contributed by atoms with van der Waals surface area (Å²) >= 11 is 6.35. The molecule has 2 aliphatic rings. The Kier molecular flexibility index (Phi) is 5.06. The monoisotopic (exact) mass is 402 g/mol. The number of fused-ring (bicyclic) bond motifs is 1. The SMILES string of the molecule is Cc1ccc(Cc2cc(C(=O)[C@@H]3O[C@H]4OC(C)(C)O[C@H]4[C@@H]3O)ccc2Cl)cc1. The first kappa shape index (κ1) is 19.6. The fraction of sp³-hybridized carbons (Fsp3) is 0.409. The summed E-state index contributed by atoms with van der Waals surface area (Å²) in [6, 6.07) is 13.3. The topological polar surface area (TPSA) is 65.0 Å². The molecular formula is C22H23ClO5. The molecule has 0 unspecified atom stereocenters. The molecular weight excluding hydrogens is 380 g/mol. The van der Waals surface area contributed by atoms with Gasteiger partial charge >= 0.3 is 0 Å². The summed E-state index contributed by atoms with van der Waals surface area (Å²) in [5.41, 5.74) is 3.57. The second-order valence-electron chi connectivity index (χ2n) is 7.85. The summed E-state index contributed by atoms with van der Waals surface area (Å²) in [6.07, 6.45) is -2.93. The highest BCUT2D eigenvalue weighted by atomic mass is 35.5. The van der Waals surface area contributed by atoms with Gasteiger partial charge in [-0.25, -0.2) is 0 Å². The Labute approximate surface area is 169 Å². The minimum atomic E-state index is -1.09. The average molecular weight is 403 g/mol. The maximum Gasteiger partial charge on any atom is 0.194 e. The van der Waals surface area contributed by atoms with E-state index in [9.17, 15) is 9.90 Å². The third-order valence-corrected chi connectivity index (χ3v) is 5.49. The van der Waals surface area contributed by atoms with Crippen molar-refractivity contribution in [2.45, 2.75) is 57.6 Å². The number of aryl methyl sites for hydroxylation is 1. The van der Waals surface area contributed by atoms with Crippen molar-refractivity contribution in [3.63, 3.8) is 0 Å². The summed E-state index contributed by atoms with van der Waals surface area (Å²) in [6.45, 7) is 5.52. The molecule has 2 heterocycles. The molecule has 0 saturated carbocycles. The minimum absolute atomic E-state index is 0.311. The van der Waals surface area contributed by atoms with Gasteiger partial charge in [-0.05, 0) is 56.5 Å². The van der Waals surface area contributed by atoms with Gasteiger partial charge in [0.1, 0.15) is 12.2 Å². The van der Waals surface area contributed by atoms with Crippen LogP contribution in [-0.4, -0.2) is 41.3 Å². The number of carbonyl (C=O) groups excluding carboxylic acids is 1. The van der Waals surface area contributed by atoms with Gasteiger partial charge in [-0.15, -0.1) is 0 Å². The van der Waals surface area contributed by atoms with E-state index in [2.05, 4.69) is 0 Å². The predicted molar refractivity (Wildman–Crippen MR) is 104 cm³/mol. The van der Waals surface area contributed by atoms with Crippen molar-refractivity contribution < 1.29 is 24.1 Å². The molecule has 5 nitrogen and oxygen atoms in total. The number of halogens is 1. The highest BCUT2D eigenvalue weighted by Crippen LogP contribution is 2.38. The van der Waals surface area contributed by atoms with Crippen molar-refractivity contribution in [2.75, 3.05) is 0 Å². The fourth-order valence-electron chi connectivity index (χ4n) is 3.66. The first-order valence-electron chi connectivity index (χ1n) is 9.31. The molecule has 2 saturated heterocycles. The lowest BCUT2D eigenvalue weighted by Crippen LogP contribution is -2.38. The first-order valence-corrected chi connectivity index (χ1v) is 9.69. The predicted octanol–water partition coefficient (Wildman–Crippen LogP) is 3.66. The van der Waals surface area contributed by atoms with E-state index in [0.717, 1.165) is 11.1 Å². The Morgan fingerprint density at radius 1 is 1.14 bits per heavy atom. The van der Waals surface area contributed by atoms with Crippen molar-refractivity contribution >= 4 is 17.4 Å². The molecule has 28 heavy (non-hydrogen) atoms. The lowest BCUT2D eigenvalue weighted by Gasteiger charge is -2.22. The Morgan fingerprint density at radius 2 is 1.86 bits per heavy atom. The van der Waals surface area contributed by atoms with Crippen LogP contribution in [0.1, 0.15) is 40.9 Å². The molecule has 2 fully saturated rings. The van der Waals surface area contributed by atoms with E-state index in [0.29, 0.717) is 17.0 Å². The van der Waals surface area contributed by atoms with Crippen molar-refractivity contribution in [2.24, 2.45) is 0 Å². The van der Waals surface area contributed by atoms with Gasteiger partial charge in [0.05, 0.1) is 0 Å². The van der Waals surface area contributed by atoms with E-state index in [-0.39, 0.29) is 5.78 Å². The smallest absolute Gasteiger partial charge is 0.194 e. The molecule has 1 N–H and O–H groups in total. The second kappa shape index (κ2) is 7.25. The number of ketones is 1. The van der Waals surface area contributed by atoms with E-state index in [1.54, 1.807) is 32.0 Å². The van der Waals surface area contributed by atoms with Crippen LogP contribution in [0.4, 0.5) is 0 Å². The summed E-state index contributed by atoms with van der Waals surface area (Å²) in [4.78, 5) is 13.0. The van der Waals surface area contributed by atoms with E-state index >= 15 is 0 Å². The van der Waals surface area contributed by atoms with Crippen LogP contribution < -0.4 is 0 Å². The van der Waals surface area contributed by atoms with E-state index in [1.807, 2.05) is 31.2 Å². The lowest BCUT2D eigenvalue weighted by atomic mass is 9.97. The number of hydrogen-bond donors (Lipinski definition) is 1. The van der Waals surface area contributed by atoms with Gasteiger partial charge < -0.3 is 19.3 Å². The largest absolute Gasteiger partial charge is 0.387 e. The zero-order chi connectivity index (χ0) is 20.1. The fourth-order valence-corrected chi connectivity index (χ4v) is 3.85. The molecule has 0 aliphatic carbocycles. The van der Waals surface area contributed by atoms with Gasteiger partial charge in [0.15, 0.2) is 24.0 Å². The molecule has 0 radical (unpaired) electrons. The van der Waals surface area contributed by atoms with Crippen LogP contribution in [-0.2, 0) is 20.6 Å². The Hall–Kier alpha value is -1.76. The second-order valence-corrected chi connectivity index (χ2v) is 8.26. The molecule has 2 aromatic carbocycles. The number of aliphatic hydroxyl groups excluding tert-OH is 1. The van der Waals surface area contributed by atoms with E-state index in [1.165, 1.54) is 5.56 Å². The third-order valence-electron chi connectivity index (χ3n) is 5.12. The number of aliphatic hydroxyl groups is 1. The van der Waals surface area contributed by atoms with Gasteiger partial charge in [0, 0.05) is 10.6 Å². The number of ether oxygens (including phenoxy) is 3. The normalized spacial score (nSPS) is 28.3. The number of rotatable bonds is 4. The molecule has 6 heteroatoms. The molecule has 4 atom stereocenters. The number of Topliss-reactive ketones (excluding diaryl/α,β-unsaturated/α-hetero) is 1. The summed E-state index contributed by atoms with van der Waals surface area (Å²) in [5.74, 6) is -1.15. The quantitative estimate of drug-likeness (QED) is 0.790. The zero-order valence-corrected chi connectivity index (χ0v) is 16.8. The first-order chi connectivity index (χ1) is 13.2. The average Bonchev–Trinajstić information content (AvgIpc) is 3.11. The minimum Gasteiger partial charge on any atom is -0.387 e. The van der Waals surface area contributed by atoms with Gasteiger partial charge in [0.25, 0.3) is 0 Å². The van der Waals surface area contributed by atoms with Crippen molar-refractivity contribution in [1.82, 2.24) is 0 Å². The van der Waals surface area contributed by atoms with E-state index in [4.69, 9.17) is 25.8 Å². The maximum absolute atomic E-state index is 13.0. The van der Waals surface area contributed by atoms with Crippen LogP contribution in [0.3, 0.4) is 0 Å². The van der Waals surface area contributed by atoms with Crippen molar-refractivity contribution in [3.05, 3.63) is 69.7 Å². The molecule has 2 aliphatic heterocycles. The van der Waals surface area contributed by atoms with E-state index < -0.39 is 30.4 Å². The molecule has 148 valence electrons. The van der Waals surface area contributed by atoms with Crippen LogP contribution in [0.2, 0.25) is 5.02 Å². The molecule has 0 amide bonds. The molecule has 4 rings (SSSR count). The summed E-state index contributed by atoms with van der Waals surface area (Å²) < 4.78 is 16.9. The van der Waals surface area contributed by atoms with Crippen LogP contribution in [0.15, 0.2) is 42.5 Å². The summed E-state index contributed by atoms with van der Waals surface area (Å²) in [5, 5.41) is 11.1. The Bertz CT molecular complexity index is 892.